The second-order valence-corrected chi connectivity index (χ2v) is 3.70. The van der Waals surface area contributed by atoms with E-state index in [4.69, 9.17) is 5.11 Å². The fourth-order valence-electron chi connectivity index (χ4n) is 1.28. The zero-order valence-electron chi connectivity index (χ0n) is 11.1. The van der Waals surface area contributed by atoms with Gasteiger partial charge in [0.1, 0.15) is 6.04 Å². The second kappa shape index (κ2) is 12.1. The third kappa shape index (κ3) is 8.73. The summed E-state index contributed by atoms with van der Waals surface area (Å²) < 4.78 is 4.55. The van der Waals surface area contributed by atoms with Gasteiger partial charge in [-0.1, -0.05) is 43.3 Å². The number of aliphatic hydroxyl groups excluding tert-OH is 1. The molecule has 18 heavy (non-hydrogen) atoms. The smallest absolute Gasteiger partial charge is 0.322 e. The molecule has 4 heteroatoms. The van der Waals surface area contributed by atoms with Gasteiger partial charge in [-0.2, -0.15) is 0 Å². The van der Waals surface area contributed by atoms with Crippen molar-refractivity contribution in [2.45, 2.75) is 25.8 Å². The summed E-state index contributed by atoms with van der Waals surface area (Å²) in [5.41, 5.74) is 0. The van der Waals surface area contributed by atoms with Gasteiger partial charge in [-0.3, -0.25) is 4.79 Å². The minimum atomic E-state index is -0.361. The van der Waals surface area contributed by atoms with Crippen LogP contribution in [-0.2, 0) is 9.53 Å². The third-order valence-electron chi connectivity index (χ3n) is 2.21. The Hall–Kier alpha value is -1.39. The molecule has 0 saturated carbocycles. The number of rotatable bonds is 6. The van der Waals surface area contributed by atoms with Gasteiger partial charge < -0.3 is 15.2 Å². The first-order valence-corrected chi connectivity index (χ1v) is 6.18. The topological polar surface area (TPSA) is 58.6 Å². The number of hydrogen-bond donors (Lipinski definition) is 2. The van der Waals surface area contributed by atoms with Crippen LogP contribution < -0.4 is 5.32 Å². The van der Waals surface area contributed by atoms with E-state index in [-0.39, 0.29) is 18.6 Å². The van der Waals surface area contributed by atoms with E-state index in [0.29, 0.717) is 6.42 Å². The third-order valence-corrected chi connectivity index (χ3v) is 2.21. The van der Waals surface area contributed by atoms with Crippen molar-refractivity contribution >= 4 is 5.97 Å². The fraction of sp³-hybridized carbons (Fsp3) is 0.500. The summed E-state index contributed by atoms with van der Waals surface area (Å²) in [6.07, 6.45) is 1.37. The minimum Gasteiger partial charge on any atom is -0.468 e. The number of ether oxygens (including phenoxy) is 1. The van der Waals surface area contributed by atoms with Crippen LogP contribution in [0.15, 0.2) is 36.4 Å². The Labute approximate surface area is 109 Å². The van der Waals surface area contributed by atoms with Crippen LogP contribution in [-0.4, -0.2) is 37.4 Å². The van der Waals surface area contributed by atoms with Crippen molar-refractivity contribution in [3.8, 4) is 0 Å². The molecule has 0 saturated heterocycles. The van der Waals surface area contributed by atoms with Crippen molar-refractivity contribution in [3.63, 3.8) is 0 Å². The molecule has 1 aromatic rings. The summed E-state index contributed by atoms with van der Waals surface area (Å²) in [5, 5.41) is 11.6. The number of hydrogen-bond acceptors (Lipinski definition) is 4. The van der Waals surface area contributed by atoms with Crippen LogP contribution in [0, 0.1) is 0 Å². The number of carbonyl (C=O) groups excluding carboxylic acids is 1. The Morgan fingerprint density at radius 2 is 1.72 bits per heavy atom. The lowest BCUT2D eigenvalue weighted by Crippen LogP contribution is -2.38. The molecule has 0 radical (unpaired) electrons. The Morgan fingerprint density at radius 1 is 1.22 bits per heavy atom. The zero-order chi connectivity index (χ0) is 13.6. The maximum Gasteiger partial charge on any atom is 0.322 e. The predicted octanol–water partition coefficient (Wildman–Crippen LogP) is 1.60. The Morgan fingerprint density at radius 3 is 2.06 bits per heavy atom. The van der Waals surface area contributed by atoms with Crippen LogP contribution in [0.1, 0.15) is 19.8 Å². The van der Waals surface area contributed by atoms with Gasteiger partial charge in [-0.05, 0) is 19.4 Å². The van der Waals surface area contributed by atoms with Crippen molar-refractivity contribution in [2.75, 3.05) is 20.3 Å². The molecule has 0 aromatic heterocycles. The maximum atomic E-state index is 11.0. The first-order chi connectivity index (χ1) is 8.76. The van der Waals surface area contributed by atoms with Crippen LogP contribution in [0.3, 0.4) is 0 Å². The average molecular weight is 253 g/mol. The highest BCUT2D eigenvalue weighted by atomic mass is 16.5. The van der Waals surface area contributed by atoms with Crippen LogP contribution >= 0.6 is 0 Å². The van der Waals surface area contributed by atoms with Gasteiger partial charge in [0.2, 0.25) is 0 Å². The van der Waals surface area contributed by atoms with Crippen molar-refractivity contribution < 1.29 is 14.6 Å². The minimum absolute atomic E-state index is 0.00349. The Kier molecular flexibility index (Phi) is 11.1. The molecule has 0 aliphatic rings. The van der Waals surface area contributed by atoms with E-state index in [9.17, 15) is 4.79 Å². The highest BCUT2D eigenvalue weighted by Gasteiger charge is 2.16. The SMILES string of the molecule is CCCNC(CCO)C(=O)OC.c1ccccc1. The molecule has 0 fully saturated rings. The first-order valence-electron chi connectivity index (χ1n) is 6.18. The highest BCUT2D eigenvalue weighted by Crippen LogP contribution is 1.94. The molecule has 0 bridgehead atoms. The lowest BCUT2D eigenvalue weighted by Gasteiger charge is -2.14. The van der Waals surface area contributed by atoms with Crippen LogP contribution in [0.5, 0.6) is 0 Å². The lowest BCUT2D eigenvalue weighted by molar-refractivity contribution is -0.143. The molecule has 1 aromatic carbocycles. The Balaban J connectivity index is 0.000000397. The van der Waals surface area contributed by atoms with E-state index in [1.807, 2.05) is 43.3 Å². The van der Waals surface area contributed by atoms with Gasteiger partial charge in [0.25, 0.3) is 0 Å². The van der Waals surface area contributed by atoms with E-state index in [1.54, 1.807) is 0 Å². The molecular formula is C14H23NO3. The number of esters is 1. The van der Waals surface area contributed by atoms with Crippen molar-refractivity contribution in [1.29, 1.82) is 0 Å². The molecule has 1 rings (SSSR count). The van der Waals surface area contributed by atoms with E-state index >= 15 is 0 Å². The summed E-state index contributed by atoms with van der Waals surface area (Å²) in [7, 11) is 1.35. The molecule has 102 valence electrons. The van der Waals surface area contributed by atoms with E-state index in [2.05, 4.69) is 10.1 Å². The van der Waals surface area contributed by atoms with Gasteiger partial charge in [0, 0.05) is 6.61 Å². The number of aliphatic hydroxyl groups is 1. The monoisotopic (exact) mass is 253 g/mol. The second-order valence-electron chi connectivity index (χ2n) is 3.70. The molecule has 0 aliphatic heterocycles. The lowest BCUT2D eigenvalue weighted by atomic mass is 10.2. The van der Waals surface area contributed by atoms with E-state index in [1.165, 1.54) is 7.11 Å². The highest BCUT2D eigenvalue weighted by molar-refractivity contribution is 5.75. The van der Waals surface area contributed by atoms with Crippen molar-refractivity contribution in [1.82, 2.24) is 5.32 Å². The van der Waals surface area contributed by atoms with Crippen LogP contribution in [0.4, 0.5) is 0 Å². The number of carbonyl (C=O) groups is 1. The van der Waals surface area contributed by atoms with Crippen molar-refractivity contribution in [3.05, 3.63) is 36.4 Å². The summed E-state index contributed by atoms with van der Waals surface area (Å²) in [6.45, 7) is 2.77. The summed E-state index contributed by atoms with van der Waals surface area (Å²) in [5.74, 6) is -0.308. The van der Waals surface area contributed by atoms with E-state index in [0.717, 1.165) is 13.0 Å². The quantitative estimate of drug-likeness (QED) is 0.756. The average Bonchev–Trinajstić information content (AvgIpc) is 2.45. The summed E-state index contributed by atoms with van der Waals surface area (Å²) in [6, 6.07) is 11.6. The molecule has 0 amide bonds. The molecule has 4 nitrogen and oxygen atoms in total. The van der Waals surface area contributed by atoms with Crippen LogP contribution in [0.25, 0.3) is 0 Å². The van der Waals surface area contributed by atoms with E-state index < -0.39 is 0 Å². The Bertz CT molecular complexity index is 264. The van der Waals surface area contributed by atoms with Gasteiger partial charge in [0.05, 0.1) is 7.11 Å². The molecule has 1 atom stereocenters. The number of methoxy groups -OCH3 is 1. The number of benzene rings is 1. The largest absolute Gasteiger partial charge is 0.468 e. The molecule has 2 N–H and O–H groups in total. The van der Waals surface area contributed by atoms with Gasteiger partial charge in [-0.15, -0.1) is 0 Å². The van der Waals surface area contributed by atoms with Gasteiger partial charge >= 0.3 is 5.97 Å². The normalized spacial score (nSPS) is 11.1. The zero-order valence-corrected chi connectivity index (χ0v) is 11.1. The standard InChI is InChI=1S/C8H17NO3.C6H6/c1-3-5-9-7(4-6-10)8(11)12-2;1-2-4-6-5-3-1/h7,9-10H,3-6H2,1-2H3;1-6H. The fourth-order valence-corrected chi connectivity index (χ4v) is 1.28. The molecule has 0 aliphatic carbocycles. The maximum absolute atomic E-state index is 11.0. The summed E-state index contributed by atoms with van der Waals surface area (Å²) >= 11 is 0. The van der Waals surface area contributed by atoms with Gasteiger partial charge in [0.15, 0.2) is 0 Å². The molecule has 0 heterocycles. The molecule has 1 unspecified atom stereocenters. The predicted molar refractivity (Wildman–Crippen MR) is 72.2 cm³/mol. The molecular weight excluding hydrogens is 230 g/mol. The summed E-state index contributed by atoms with van der Waals surface area (Å²) in [4.78, 5) is 11.0. The van der Waals surface area contributed by atoms with Crippen LogP contribution in [0.2, 0.25) is 0 Å². The number of nitrogens with one attached hydrogen (secondary N) is 1. The molecule has 0 spiro atoms. The van der Waals surface area contributed by atoms with Crippen molar-refractivity contribution in [2.24, 2.45) is 0 Å². The first kappa shape index (κ1) is 16.6. The van der Waals surface area contributed by atoms with Gasteiger partial charge in [-0.25, -0.2) is 0 Å².